The summed E-state index contributed by atoms with van der Waals surface area (Å²) >= 11 is 6.55. The van der Waals surface area contributed by atoms with Gasteiger partial charge in [0.25, 0.3) is 5.91 Å². The zero-order chi connectivity index (χ0) is 26.2. The van der Waals surface area contributed by atoms with Crippen molar-refractivity contribution in [2.75, 3.05) is 31.1 Å². The van der Waals surface area contributed by atoms with Crippen LogP contribution in [-0.2, 0) is 6.18 Å². The largest absolute Gasteiger partial charge is 0.416 e. The molecule has 190 valence electrons. The van der Waals surface area contributed by atoms with Gasteiger partial charge in [0.2, 0.25) is 0 Å². The number of amides is 1. The number of para-hydroxylation sites is 1. The molecule has 1 saturated heterocycles. The number of hydrogen-bond acceptors (Lipinski definition) is 2. The molecule has 0 bridgehead atoms. The number of alkyl halides is 3. The van der Waals surface area contributed by atoms with E-state index in [1.807, 2.05) is 77.1 Å². The molecule has 0 N–H and O–H groups in total. The van der Waals surface area contributed by atoms with Gasteiger partial charge in [-0.2, -0.15) is 13.2 Å². The van der Waals surface area contributed by atoms with E-state index in [1.54, 1.807) is 11.0 Å². The summed E-state index contributed by atoms with van der Waals surface area (Å²) in [7, 11) is 0. The molecule has 0 spiro atoms. The molecule has 4 nitrogen and oxygen atoms in total. The van der Waals surface area contributed by atoms with Gasteiger partial charge in [-0.25, -0.2) is 0 Å². The smallest absolute Gasteiger partial charge is 0.368 e. The number of halogens is 4. The third-order valence-electron chi connectivity index (χ3n) is 6.75. The number of anilines is 1. The van der Waals surface area contributed by atoms with Crippen LogP contribution in [0.25, 0.3) is 16.9 Å². The molecule has 0 saturated carbocycles. The Kier molecular flexibility index (Phi) is 6.73. The Balaban J connectivity index is 1.42. The highest BCUT2D eigenvalue weighted by Gasteiger charge is 2.32. The SMILES string of the molecule is Cc1c(C(=O)N2CCN(c3cccc(C(F)(F)F)c3)CC2)cc(-c2ccccc2)n1-c1ccccc1Cl. The van der Waals surface area contributed by atoms with Crippen LogP contribution in [0.2, 0.25) is 5.02 Å². The summed E-state index contributed by atoms with van der Waals surface area (Å²) in [6, 6.07) is 24.5. The second-order valence-electron chi connectivity index (χ2n) is 9.01. The van der Waals surface area contributed by atoms with E-state index in [2.05, 4.69) is 0 Å². The van der Waals surface area contributed by atoms with E-state index in [1.165, 1.54) is 6.07 Å². The number of rotatable bonds is 4. The molecule has 1 fully saturated rings. The Morgan fingerprint density at radius 2 is 1.51 bits per heavy atom. The molecule has 37 heavy (non-hydrogen) atoms. The van der Waals surface area contributed by atoms with Gasteiger partial charge in [0, 0.05) is 37.6 Å². The van der Waals surface area contributed by atoms with Crippen LogP contribution < -0.4 is 4.90 Å². The maximum atomic E-state index is 13.7. The third kappa shape index (κ3) is 4.96. The van der Waals surface area contributed by atoms with Crippen molar-refractivity contribution in [2.45, 2.75) is 13.1 Å². The van der Waals surface area contributed by atoms with E-state index < -0.39 is 11.7 Å². The Morgan fingerprint density at radius 3 is 2.19 bits per heavy atom. The number of benzene rings is 3. The average Bonchev–Trinajstić information content (AvgIpc) is 3.25. The highest BCUT2D eigenvalue weighted by atomic mass is 35.5. The Bertz CT molecular complexity index is 1420. The summed E-state index contributed by atoms with van der Waals surface area (Å²) in [5, 5.41) is 0.576. The minimum atomic E-state index is -4.39. The average molecular weight is 524 g/mol. The van der Waals surface area contributed by atoms with E-state index >= 15 is 0 Å². The van der Waals surface area contributed by atoms with Gasteiger partial charge in [-0.1, -0.05) is 60.1 Å². The van der Waals surface area contributed by atoms with Gasteiger partial charge < -0.3 is 14.4 Å². The Labute approximate surface area is 218 Å². The van der Waals surface area contributed by atoms with Gasteiger partial charge in [0.15, 0.2) is 0 Å². The lowest BCUT2D eigenvalue weighted by molar-refractivity contribution is -0.137. The molecule has 4 aromatic rings. The van der Waals surface area contributed by atoms with Crippen LogP contribution in [0.15, 0.2) is 84.9 Å². The van der Waals surface area contributed by atoms with E-state index in [0.717, 1.165) is 34.8 Å². The van der Waals surface area contributed by atoms with E-state index in [0.29, 0.717) is 42.5 Å². The summed E-state index contributed by atoms with van der Waals surface area (Å²) in [6.45, 7) is 3.62. The van der Waals surface area contributed by atoms with Crippen molar-refractivity contribution in [3.63, 3.8) is 0 Å². The number of aromatic nitrogens is 1. The highest BCUT2D eigenvalue weighted by molar-refractivity contribution is 6.32. The molecule has 1 aromatic heterocycles. The zero-order valence-electron chi connectivity index (χ0n) is 20.2. The lowest BCUT2D eigenvalue weighted by Gasteiger charge is -2.36. The van der Waals surface area contributed by atoms with Crippen molar-refractivity contribution in [2.24, 2.45) is 0 Å². The van der Waals surface area contributed by atoms with E-state index in [4.69, 9.17) is 11.6 Å². The summed E-state index contributed by atoms with van der Waals surface area (Å²) in [6.07, 6.45) is -4.39. The fraction of sp³-hybridized carbons (Fsp3) is 0.207. The van der Waals surface area contributed by atoms with Crippen LogP contribution in [-0.4, -0.2) is 41.6 Å². The highest BCUT2D eigenvalue weighted by Crippen LogP contribution is 2.34. The van der Waals surface area contributed by atoms with Gasteiger partial charge in [-0.3, -0.25) is 4.79 Å². The van der Waals surface area contributed by atoms with Crippen LogP contribution in [0.3, 0.4) is 0 Å². The summed E-state index contributed by atoms with van der Waals surface area (Å²) in [5.41, 5.74) is 3.79. The number of nitrogens with zero attached hydrogens (tertiary/aromatic N) is 3. The van der Waals surface area contributed by atoms with Gasteiger partial charge in [0.05, 0.1) is 27.5 Å². The first-order chi connectivity index (χ1) is 17.7. The first-order valence-electron chi connectivity index (χ1n) is 12.0. The predicted molar refractivity (Wildman–Crippen MR) is 141 cm³/mol. The van der Waals surface area contributed by atoms with Gasteiger partial charge in [-0.05, 0) is 48.9 Å². The number of carbonyl (C=O) groups is 1. The Morgan fingerprint density at radius 1 is 0.838 bits per heavy atom. The summed E-state index contributed by atoms with van der Waals surface area (Å²) in [5.74, 6) is -0.107. The number of piperazine rings is 1. The standard InChI is InChI=1S/C29H25ClF3N3O/c1-20-24(19-27(21-8-3-2-4-9-21)36(20)26-13-6-5-12-25(26)30)28(37)35-16-14-34(15-17-35)23-11-7-10-22(18-23)29(31,32)33/h2-13,18-19H,14-17H2,1H3. The normalized spacial score (nSPS) is 14.2. The molecular weight excluding hydrogens is 499 g/mol. The lowest BCUT2D eigenvalue weighted by atomic mass is 10.1. The number of carbonyl (C=O) groups excluding carboxylic acids is 1. The van der Waals surface area contributed by atoms with Crippen LogP contribution in [0.4, 0.5) is 18.9 Å². The minimum Gasteiger partial charge on any atom is -0.368 e. The molecule has 0 unspecified atom stereocenters. The zero-order valence-corrected chi connectivity index (χ0v) is 20.9. The quantitative estimate of drug-likeness (QED) is 0.286. The fourth-order valence-corrected chi connectivity index (χ4v) is 5.03. The molecule has 0 atom stereocenters. The number of hydrogen-bond donors (Lipinski definition) is 0. The molecule has 5 rings (SSSR count). The van der Waals surface area contributed by atoms with Crippen molar-refractivity contribution >= 4 is 23.2 Å². The first kappa shape index (κ1) is 25.0. The van der Waals surface area contributed by atoms with Crippen molar-refractivity contribution in [3.05, 3.63) is 107 Å². The first-order valence-corrected chi connectivity index (χ1v) is 12.4. The molecule has 0 aliphatic carbocycles. The molecule has 2 heterocycles. The summed E-state index contributed by atoms with van der Waals surface area (Å²) < 4.78 is 41.5. The van der Waals surface area contributed by atoms with Gasteiger partial charge in [-0.15, -0.1) is 0 Å². The second kappa shape index (κ2) is 9.98. The molecule has 1 aliphatic heterocycles. The molecule has 0 radical (unpaired) electrons. The van der Waals surface area contributed by atoms with Crippen LogP contribution in [0.1, 0.15) is 21.6 Å². The minimum absolute atomic E-state index is 0.107. The lowest BCUT2D eigenvalue weighted by Crippen LogP contribution is -2.49. The molecule has 8 heteroatoms. The van der Waals surface area contributed by atoms with Crippen LogP contribution in [0, 0.1) is 6.92 Å². The third-order valence-corrected chi connectivity index (χ3v) is 7.07. The van der Waals surface area contributed by atoms with Crippen molar-refractivity contribution < 1.29 is 18.0 Å². The second-order valence-corrected chi connectivity index (χ2v) is 9.42. The molecule has 1 amide bonds. The van der Waals surface area contributed by atoms with Crippen molar-refractivity contribution in [1.29, 1.82) is 0 Å². The Hall–Kier alpha value is -3.71. The van der Waals surface area contributed by atoms with Crippen molar-refractivity contribution in [3.8, 4) is 16.9 Å². The maximum Gasteiger partial charge on any atom is 0.416 e. The molecule has 3 aromatic carbocycles. The molecule has 1 aliphatic rings. The van der Waals surface area contributed by atoms with Crippen LogP contribution >= 0.6 is 11.6 Å². The summed E-state index contributed by atoms with van der Waals surface area (Å²) in [4.78, 5) is 17.3. The topological polar surface area (TPSA) is 28.5 Å². The van der Waals surface area contributed by atoms with Gasteiger partial charge >= 0.3 is 6.18 Å². The van der Waals surface area contributed by atoms with E-state index in [9.17, 15) is 18.0 Å². The predicted octanol–water partition coefficient (Wildman–Crippen LogP) is 7.09. The fourth-order valence-electron chi connectivity index (χ4n) is 4.81. The maximum absolute atomic E-state index is 13.7. The van der Waals surface area contributed by atoms with E-state index in [-0.39, 0.29) is 5.91 Å². The van der Waals surface area contributed by atoms with Crippen molar-refractivity contribution in [1.82, 2.24) is 9.47 Å². The molecular formula is C29H25ClF3N3O. The van der Waals surface area contributed by atoms with Gasteiger partial charge in [0.1, 0.15) is 0 Å². The monoisotopic (exact) mass is 523 g/mol. The van der Waals surface area contributed by atoms with Crippen LogP contribution in [0.5, 0.6) is 0 Å².